The molecule has 0 bridgehead atoms. The Balaban J connectivity index is 2.56. The number of ether oxygens (including phenoxy) is 1. The quantitative estimate of drug-likeness (QED) is 0.349. The van der Waals surface area contributed by atoms with Gasteiger partial charge in [-0.2, -0.15) is 0 Å². The summed E-state index contributed by atoms with van der Waals surface area (Å²) in [6, 6.07) is -1.48. The number of hydrogen-bond donors (Lipinski definition) is 2. The molecule has 0 aromatic heterocycles. The number of carbonyl (C=O) groups is 3. The molecule has 0 aromatic carbocycles. The van der Waals surface area contributed by atoms with Crippen LogP contribution in [0.25, 0.3) is 0 Å². The number of nitrogens with one attached hydrogen (secondary N) is 1. The Morgan fingerprint density at radius 2 is 2.00 bits per heavy atom. The van der Waals surface area contributed by atoms with Crippen LogP contribution < -0.4 is 5.32 Å². The predicted octanol–water partition coefficient (Wildman–Crippen LogP) is 1.15. The molecule has 1 fully saturated rings. The molecule has 2 amide bonds. The summed E-state index contributed by atoms with van der Waals surface area (Å²) in [5, 5.41) is 12.4. The Morgan fingerprint density at radius 1 is 1.32 bits per heavy atom. The number of β-amino-alcohol motifs (C(OH)–C–C–N with tert-alkyl or cyclic N) is 1. The van der Waals surface area contributed by atoms with Crippen molar-refractivity contribution in [2.24, 2.45) is 0 Å². The molecule has 2 N–H and O–H groups in total. The summed E-state index contributed by atoms with van der Waals surface area (Å²) in [5.74, 6) is -1.19. The van der Waals surface area contributed by atoms with Crippen LogP contribution in [0, 0.1) is 0 Å². The maximum absolute atomic E-state index is 12.5. The van der Waals surface area contributed by atoms with Crippen LogP contribution in [-0.4, -0.2) is 59.6 Å². The van der Waals surface area contributed by atoms with Gasteiger partial charge in [0.05, 0.1) is 13.2 Å². The molecule has 1 rings (SSSR count). The summed E-state index contributed by atoms with van der Waals surface area (Å²) >= 11 is 0. The number of nitrogens with zero attached hydrogens (tertiary/aromatic N) is 1. The number of carbonyl (C=O) groups excluding carboxylic acids is 3. The molecule has 25 heavy (non-hydrogen) atoms. The summed E-state index contributed by atoms with van der Waals surface area (Å²) in [4.78, 5) is 37.4. The molecular weight excluding hydrogens is 324 g/mol. The van der Waals surface area contributed by atoms with Crippen LogP contribution in [0.2, 0.25) is 0 Å². The first-order chi connectivity index (χ1) is 11.9. The molecule has 0 aromatic rings. The molecule has 0 unspecified atom stereocenters. The summed E-state index contributed by atoms with van der Waals surface area (Å²) in [7, 11) is 1.28. The molecule has 1 aliphatic heterocycles. The first kappa shape index (κ1) is 21.2. The standard InChI is InChI=1S/C18H30N2O5/c1-4-5-6-7-8-9-10-15(18(24)25-3)19-17(23)16-11-14(22)12-20(16)13(2)21/h4,14-16,22H,1,5-12H2,2-3H3,(H,19,23)/t14-,15-,16+/m1/s1. The molecule has 1 saturated heterocycles. The second-order valence-electron chi connectivity index (χ2n) is 6.44. The average Bonchev–Trinajstić information content (AvgIpc) is 2.98. The molecular formula is C18H30N2O5. The topological polar surface area (TPSA) is 95.9 Å². The number of hydrogen-bond acceptors (Lipinski definition) is 5. The van der Waals surface area contributed by atoms with E-state index in [0.717, 1.165) is 32.1 Å². The minimum atomic E-state index is -0.743. The van der Waals surface area contributed by atoms with Crippen molar-refractivity contribution in [3.05, 3.63) is 12.7 Å². The summed E-state index contributed by atoms with van der Waals surface area (Å²) in [6.45, 7) is 5.18. The van der Waals surface area contributed by atoms with Gasteiger partial charge in [-0.05, 0) is 19.3 Å². The Morgan fingerprint density at radius 3 is 2.60 bits per heavy atom. The largest absolute Gasteiger partial charge is 0.467 e. The number of allylic oxidation sites excluding steroid dienone is 1. The van der Waals surface area contributed by atoms with Crippen molar-refractivity contribution in [1.29, 1.82) is 0 Å². The third kappa shape index (κ3) is 6.86. The first-order valence-electron chi connectivity index (χ1n) is 8.85. The van der Waals surface area contributed by atoms with Gasteiger partial charge < -0.3 is 20.1 Å². The molecule has 7 heteroatoms. The second-order valence-corrected chi connectivity index (χ2v) is 6.44. The summed E-state index contributed by atoms with van der Waals surface area (Å²) < 4.78 is 4.77. The lowest BCUT2D eigenvalue weighted by Crippen LogP contribution is -2.50. The van der Waals surface area contributed by atoms with Gasteiger partial charge in [-0.3, -0.25) is 9.59 Å². The van der Waals surface area contributed by atoms with Crippen LogP contribution in [0.15, 0.2) is 12.7 Å². The zero-order valence-electron chi connectivity index (χ0n) is 15.2. The van der Waals surface area contributed by atoms with E-state index in [-0.39, 0.29) is 18.9 Å². The fraction of sp³-hybridized carbons (Fsp3) is 0.722. The van der Waals surface area contributed by atoms with Gasteiger partial charge >= 0.3 is 5.97 Å². The van der Waals surface area contributed by atoms with Crippen molar-refractivity contribution in [3.63, 3.8) is 0 Å². The summed E-state index contributed by atoms with van der Waals surface area (Å²) in [5.41, 5.74) is 0. The Hall–Kier alpha value is -1.89. The molecule has 1 heterocycles. The van der Waals surface area contributed by atoms with Crippen LogP contribution in [0.1, 0.15) is 51.9 Å². The van der Waals surface area contributed by atoms with E-state index in [1.807, 2.05) is 6.08 Å². The average molecular weight is 354 g/mol. The van der Waals surface area contributed by atoms with E-state index >= 15 is 0 Å². The van der Waals surface area contributed by atoms with Crippen LogP contribution in [-0.2, 0) is 19.1 Å². The highest BCUT2D eigenvalue weighted by atomic mass is 16.5. The van der Waals surface area contributed by atoms with Gasteiger partial charge in [0.25, 0.3) is 0 Å². The molecule has 0 aliphatic carbocycles. The van der Waals surface area contributed by atoms with E-state index in [1.54, 1.807) is 0 Å². The maximum Gasteiger partial charge on any atom is 0.328 e. The monoisotopic (exact) mass is 354 g/mol. The van der Waals surface area contributed by atoms with Crippen molar-refractivity contribution in [1.82, 2.24) is 10.2 Å². The number of unbranched alkanes of at least 4 members (excludes halogenated alkanes) is 4. The second kappa shape index (κ2) is 10.9. The highest BCUT2D eigenvalue weighted by molar-refractivity contribution is 5.90. The number of amides is 2. The molecule has 0 radical (unpaired) electrons. The molecule has 0 spiro atoms. The van der Waals surface area contributed by atoms with Crippen LogP contribution in [0.4, 0.5) is 0 Å². The fourth-order valence-corrected chi connectivity index (χ4v) is 3.06. The highest BCUT2D eigenvalue weighted by Crippen LogP contribution is 2.19. The number of methoxy groups -OCH3 is 1. The minimum absolute atomic E-state index is 0.139. The van der Waals surface area contributed by atoms with Crippen LogP contribution >= 0.6 is 0 Å². The van der Waals surface area contributed by atoms with Gasteiger partial charge in [0, 0.05) is 19.9 Å². The third-order valence-corrected chi connectivity index (χ3v) is 4.44. The summed E-state index contributed by atoms with van der Waals surface area (Å²) in [6.07, 6.45) is 6.66. The van der Waals surface area contributed by atoms with E-state index < -0.39 is 30.1 Å². The van der Waals surface area contributed by atoms with E-state index in [0.29, 0.717) is 6.42 Å². The number of aliphatic hydroxyl groups excluding tert-OH is 1. The maximum atomic E-state index is 12.5. The number of esters is 1. The first-order valence-corrected chi connectivity index (χ1v) is 8.85. The zero-order chi connectivity index (χ0) is 18.8. The van der Waals surface area contributed by atoms with Gasteiger partial charge in [-0.15, -0.1) is 6.58 Å². The lowest BCUT2D eigenvalue weighted by atomic mass is 10.1. The normalized spacial score (nSPS) is 20.8. The van der Waals surface area contributed by atoms with Gasteiger partial charge in [-0.1, -0.05) is 25.3 Å². The van der Waals surface area contributed by atoms with Crippen molar-refractivity contribution in [2.75, 3.05) is 13.7 Å². The lowest BCUT2D eigenvalue weighted by molar-refractivity contribution is -0.146. The van der Waals surface area contributed by atoms with E-state index in [1.165, 1.54) is 18.9 Å². The van der Waals surface area contributed by atoms with Gasteiger partial charge in [0.2, 0.25) is 11.8 Å². The zero-order valence-corrected chi connectivity index (χ0v) is 15.2. The Kier molecular flexibility index (Phi) is 9.20. The molecule has 0 saturated carbocycles. The minimum Gasteiger partial charge on any atom is -0.467 e. The number of rotatable bonds is 10. The Bertz CT molecular complexity index is 480. The Labute approximate surface area is 149 Å². The predicted molar refractivity (Wildman–Crippen MR) is 93.6 cm³/mol. The highest BCUT2D eigenvalue weighted by Gasteiger charge is 2.38. The van der Waals surface area contributed by atoms with Crippen molar-refractivity contribution in [3.8, 4) is 0 Å². The van der Waals surface area contributed by atoms with E-state index in [2.05, 4.69) is 11.9 Å². The van der Waals surface area contributed by atoms with Crippen molar-refractivity contribution in [2.45, 2.75) is 70.1 Å². The van der Waals surface area contributed by atoms with Crippen molar-refractivity contribution < 1.29 is 24.2 Å². The number of likely N-dealkylation sites (tertiary alicyclic amines) is 1. The molecule has 1 aliphatic rings. The van der Waals surface area contributed by atoms with Gasteiger partial charge in [0.15, 0.2) is 0 Å². The van der Waals surface area contributed by atoms with Crippen LogP contribution in [0.3, 0.4) is 0 Å². The molecule has 142 valence electrons. The smallest absolute Gasteiger partial charge is 0.328 e. The molecule has 3 atom stereocenters. The fourth-order valence-electron chi connectivity index (χ4n) is 3.06. The lowest BCUT2D eigenvalue weighted by Gasteiger charge is -2.24. The van der Waals surface area contributed by atoms with E-state index in [9.17, 15) is 19.5 Å². The molecule has 7 nitrogen and oxygen atoms in total. The van der Waals surface area contributed by atoms with Crippen LogP contribution in [0.5, 0.6) is 0 Å². The van der Waals surface area contributed by atoms with Crippen molar-refractivity contribution >= 4 is 17.8 Å². The van der Waals surface area contributed by atoms with Gasteiger partial charge in [0.1, 0.15) is 12.1 Å². The third-order valence-electron chi connectivity index (χ3n) is 4.44. The van der Waals surface area contributed by atoms with E-state index in [4.69, 9.17) is 4.74 Å². The SMILES string of the molecule is C=CCCCCCC[C@@H](NC(=O)[C@@H]1C[C@@H](O)CN1C(C)=O)C(=O)OC. The van der Waals surface area contributed by atoms with Gasteiger partial charge in [-0.25, -0.2) is 4.79 Å². The number of aliphatic hydroxyl groups is 1.